The van der Waals surface area contributed by atoms with Gasteiger partial charge in [-0.1, -0.05) is 43.4 Å². The first-order valence-electron chi connectivity index (χ1n) is 7.60. The minimum atomic E-state index is -0.355. The number of carbonyl (C=O) groups is 1. The minimum absolute atomic E-state index is 0.164. The van der Waals surface area contributed by atoms with E-state index in [0.29, 0.717) is 16.4 Å². The lowest BCUT2D eigenvalue weighted by Gasteiger charge is -2.05. The molecule has 1 amide bonds. The summed E-state index contributed by atoms with van der Waals surface area (Å²) in [7, 11) is 0. The zero-order valence-corrected chi connectivity index (χ0v) is 14.2. The summed E-state index contributed by atoms with van der Waals surface area (Å²) in [5, 5.41) is 17.3. The highest BCUT2D eigenvalue weighted by atomic mass is 32.1. The Bertz CT molecular complexity index is 931. The summed E-state index contributed by atoms with van der Waals surface area (Å²) in [6, 6.07) is 7.15. The van der Waals surface area contributed by atoms with Crippen molar-refractivity contribution < 1.29 is 4.79 Å². The lowest BCUT2D eigenvalue weighted by molar-refractivity contribution is -0.117. The van der Waals surface area contributed by atoms with E-state index in [0.717, 1.165) is 21.5 Å². The molecule has 0 spiro atoms. The molecule has 8 heteroatoms. The van der Waals surface area contributed by atoms with Crippen LogP contribution in [-0.4, -0.2) is 25.9 Å². The number of hydrogen-bond acceptors (Lipinski definition) is 6. The van der Waals surface area contributed by atoms with E-state index >= 15 is 0 Å². The van der Waals surface area contributed by atoms with Crippen LogP contribution in [0.1, 0.15) is 18.9 Å². The molecule has 0 unspecified atom stereocenters. The molecule has 124 valence electrons. The van der Waals surface area contributed by atoms with Crippen molar-refractivity contribution in [2.75, 3.05) is 5.32 Å². The Hall–Kier alpha value is -2.61. The first kappa shape index (κ1) is 16.3. The number of carbonyl (C=O) groups excluding carboxylic acids is 1. The second-order valence-electron chi connectivity index (χ2n) is 5.84. The normalized spacial score (nSPS) is 11.1. The Morgan fingerprint density at radius 3 is 2.88 bits per heavy atom. The fourth-order valence-electron chi connectivity index (χ4n) is 2.27. The summed E-state index contributed by atoms with van der Waals surface area (Å²) < 4.78 is 1.15. The van der Waals surface area contributed by atoms with E-state index in [1.807, 2.05) is 12.1 Å². The molecule has 0 fully saturated rings. The maximum Gasteiger partial charge on any atom is 0.275 e. The molecule has 0 radical (unpaired) electrons. The largest absolute Gasteiger partial charge is 0.299 e. The number of rotatable bonds is 5. The predicted octanol–water partition coefficient (Wildman–Crippen LogP) is 2.09. The number of anilines is 1. The molecule has 3 aromatic rings. The van der Waals surface area contributed by atoms with Gasteiger partial charge in [-0.05, 0) is 12.0 Å². The lowest BCUT2D eigenvalue weighted by Crippen LogP contribution is -2.29. The van der Waals surface area contributed by atoms with Crippen LogP contribution < -0.4 is 10.9 Å². The SMILES string of the molecule is CC(C)Cc1nnc(NC(=O)Cn2ncc3ccccc3c2=O)s1. The van der Waals surface area contributed by atoms with E-state index in [1.165, 1.54) is 11.3 Å². The maximum absolute atomic E-state index is 12.3. The molecule has 2 heterocycles. The van der Waals surface area contributed by atoms with Crippen molar-refractivity contribution >= 4 is 33.1 Å². The number of aromatic nitrogens is 4. The van der Waals surface area contributed by atoms with E-state index in [2.05, 4.69) is 34.5 Å². The molecule has 3 rings (SSSR count). The molecular weight excluding hydrogens is 326 g/mol. The molecule has 2 aromatic heterocycles. The average molecular weight is 343 g/mol. The summed E-state index contributed by atoms with van der Waals surface area (Å²) in [6.07, 6.45) is 2.40. The number of amides is 1. The van der Waals surface area contributed by atoms with E-state index in [1.54, 1.807) is 18.3 Å². The Morgan fingerprint density at radius 2 is 2.08 bits per heavy atom. The third kappa shape index (κ3) is 3.65. The van der Waals surface area contributed by atoms with Crippen LogP contribution in [0.4, 0.5) is 5.13 Å². The maximum atomic E-state index is 12.3. The van der Waals surface area contributed by atoms with Crippen molar-refractivity contribution in [2.24, 2.45) is 5.92 Å². The Kier molecular flexibility index (Phi) is 4.66. The van der Waals surface area contributed by atoms with Crippen LogP contribution in [-0.2, 0) is 17.8 Å². The molecule has 0 atom stereocenters. The standard InChI is InChI=1S/C16H17N5O2S/c1-10(2)7-14-19-20-16(24-14)18-13(22)9-21-15(23)12-6-4-3-5-11(12)8-17-21/h3-6,8,10H,7,9H2,1-2H3,(H,18,20,22). The van der Waals surface area contributed by atoms with Gasteiger partial charge in [0.15, 0.2) is 0 Å². The molecule has 0 aliphatic rings. The van der Waals surface area contributed by atoms with Crippen molar-refractivity contribution in [3.8, 4) is 0 Å². The third-order valence-electron chi connectivity index (χ3n) is 3.35. The van der Waals surface area contributed by atoms with Gasteiger partial charge in [-0.25, -0.2) is 4.68 Å². The van der Waals surface area contributed by atoms with Crippen molar-refractivity contribution in [1.82, 2.24) is 20.0 Å². The molecular formula is C16H17N5O2S. The lowest BCUT2D eigenvalue weighted by atomic mass is 10.1. The Balaban J connectivity index is 1.72. The van der Waals surface area contributed by atoms with Gasteiger partial charge in [0.05, 0.1) is 11.6 Å². The highest BCUT2D eigenvalue weighted by molar-refractivity contribution is 7.15. The molecule has 1 N–H and O–H groups in total. The molecule has 0 saturated carbocycles. The van der Waals surface area contributed by atoms with Gasteiger partial charge in [0, 0.05) is 11.8 Å². The minimum Gasteiger partial charge on any atom is -0.299 e. The topological polar surface area (TPSA) is 89.8 Å². The summed E-state index contributed by atoms with van der Waals surface area (Å²) >= 11 is 1.34. The third-order valence-corrected chi connectivity index (χ3v) is 4.21. The van der Waals surface area contributed by atoms with E-state index < -0.39 is 0 Å². The first-order valence-corrected chi connectivity index (χ1v) is 8.41. The van der Waals surface area contributed by atoms with Crippen molar-refractivity contribution in [3.63, 3.8) is 0 Å². The quantitative estimate of drug-likeness (QED) is 0.766. The predicted molar refractivity (Wildman–Crippen MR) is 93.1 cm³/mol. The van der Waals surface area contributed by atoms with Gasteiger partial charge in [0.1, 0.15) is 11.6 Å². The molecule has 0 saturated heterocycles. The second kappa shape index (κ2) is 6.88. The summed E-state index contributed by atoms with van der Waals surface area (Å²) in [4.78, 5) is 24.5. The van der Waals surface area contributed by atoms with E-state index in [-0.39, 0.29) is 18.0 Å². The van der Waals surface area contributed by atoms with Crippen LogP contribution in [0.2, 0.25) is 0 Å². The van der Waals surface area contributed by atoms with Crippen molar-refractivity contribution in [3.05, 3.63) is 45.8 Å². The molecule has 0 aliphatic heterocycles. The van der Waals surface area contributed by atoms with E-state index in [9.17, 15) is 9.59 Å². The number of hydrogen-bond donors (Lipinski definition) is 1. The molecule has 7 nitrogen and oxygen atoms in total. The zero-order valence-electron chi connectivity index (χ0n) is 13.4. The Morgan fingerprint density at radius 1 is 1.29 bits per heavy atom. The number of benzene rings is 1. The van der Waals surface area contributed by atoms with Crippen LogP contribution in [0.5, 0.6) is 0 Å². The molecule has 1 aromatic carbocycles. The van der Waals surface area contributed by atoms with Gasteiger partial charge in [-0.3, -0.25) is 14.9 Å². The Labute approximate surface area is 142 Å². The van der Waals surface area contributed by atoms with E-state index in [4.69, 9.17) is 0 Å². The fourth-order valence-corrected chi connectivity index (χ4v) is 3.24. The van der Waals surface area contributed by atoms with Gasteiger partial charge < -0.3 is 0 Å². The fraction of sp³-hybridized carbons (Fsp3) is 0.312. The average Bonchev–Trinajstić information content (AvgIpc) is 2.96. The summed E-state index contributed by atoms with van der Waals surface area (Å²) in [5.41, 5.74) is -0.291. The van der Waals surface area contributed by atoms with Gasteiger partial charge >= 0.3 is 0 Å². The number of nitrogens with one attached hydrogen (secondary N) is 1. The van der Waals surface area contributed by atoms with Crippen LogP contribution in [0, 0.1) is 5.92 Å². The number of nitrogens with zero attached hydrogens (tertiary/aromatic N) is 4. The second-order valence-corrected chi connectivity index (χ2v) is 6.90. The first-order chi connectivity index (χ1) is 11.5. The van der Waals surface area contributed by atoms with Crippen molar-refractivity contribution in [2.45, 2.75) is 26.8 Å². The summed E-state index contributed by atoms with van der Waals surface area (Å²) in [6.45, 7) is 4.03. The molecule has 0 bridgehead atoms. The van der Waals surface area contributed by atoms with Gasteiger partial charge in [0.25, 0.3) is 5.56 Å². The molecule has 24 heavy (non-hydrogen) atoms. The van der Waals surface area contributed by atoms with Gasteiger partial charge in [0.2, 0.25) is 11.0 Å². The highest BCUT2D eigenvalue weighted by Gasteiger charge is 2.12. The van der Waals surface area contributed by atoms with Crippen molar-refractivity contribution in [1.29, 1.82) is 0 Å². The van der Waals surface area contributed by atoms with Crippen LogP contribution in [0.3, 0.4) is 0 Å². The van der Waals surface area contributed by atoms with Crippen LogP contribution in [0.25, 0.3) is 10.8 Å². The zero-order chi connectivity index (χ0) is 17.1. The van der Waals surface area contributed by atoms with Crippen LogP contribution in [0.15, 0.2) is 35.3 Å². The monoisotopic (exact) mass is 343 g/mol. The smallest absolute Gasteiger partial charge is 0.275 e. The highest BCUT2D eigenvalue weighted by Crippen LogP contribution is 2.18. The number of fused-ring (bicyclic) bond motifs is 1. The molecule has 0 aliphatic carbocycles. The van der Waals surface area contributed by atoms with Crippen LogP contribution >= 0.6 is 11.3 Å². The summed E-state index contributed by atoms with van der Waals surface area (Å²) in [5.74, 6) is 0.119. The van der Waals surface area contributed by atoms with Gasteiger partial charge in [-0.2, -0.15) is 5.10 Å². The van der Waals surface area contributed by atoms with Gasteiger partial charge in [-0.15, -0.1) is 10.2 Å².